The van der Waals surface area contributed by atoms with Crippen LogP contribution in [0.2, 0.25) is 0 Å². The van der Waals surface area contributed by atoms with Crippen LogP contribution >= 0.6 is 7.82 Å². The lowest BCUT2D eigenvalue weighted by molar-refractivity contribution is -0.870. The SMILES string of the molecule is CC/C=C\C/C=C\C/C=C\C/C=C\C/C=C\C/C=C\CCCCCCCCCCCCCCC(=O)NC(COP(=O)(O)OCC[N+](C)(C)C)C(O)/C=C/CC/C=C/CCCCCCCCCCCCCCCCCCCCCCCCCCC. The summed E-state index contributed by atoms with van der Waals surface area (Å²) in [5.41, 5.74) is 0. The van der Waals surface area contributed by atoms with Crippen LogP contribution < -0.4 is 5.32 Å². The highest BCUT2D eigenvalue weighted by molar-refractivity contribution is 7.47. The first-order valence-corrected chi connectivity index (χ1v) is 37.1. The van der Waals surface area contributed by atoms with Crippen molar-refractivity contribution in [2.24, 2.45) is 0 Å². The number of phosphoric acid groups is 1. The van der Waals surface area contributed by atoms with Gasteiger partial charge in [-0.2, -0.15) is 0 Å². The van der Waals surface area contributed by atoms with Gasteiger partial charge in [-0.05, 0) is 83.5 Å². The molecule has 8 nitrogen and oxygen atoms in total. The highest BCUT2D eigenvalue weighted by Crippen LogP contribution is 2.43. The molecule has 0 saturated heterocycles. The minimum Gasteiger partial charge on any atom is -0.387 e. The molecule has 9 heteroatoms. The van der Waals surface area contributed by atoms with E-state index < -0.39 is 20.0 Å². The van der Waals surface area contributed by atoms with E-state index in [4.69, 9.17) is 9.05 Å². The smallest absolute Gasteiger partial charge is 0.387 e. The minimum atomic E-state index is -4.37. The third-order valence-electron chi connectivity index (χ3n) is 15.8. The summed E-state index contributed by atoms with van der Waals surface area (Å²) < 4.78 is 23.8. The number of nitrogens with one attached hydrogen (secondary N) is 1. The molecule has 0 heterocycles. The number of rotatable bonds is 65. The van der Waals surface area contributed by atoms with Gasteiger partial charge in [0.1, 0.15) is 13.2 Å². The molecule has 0 aliphatic carbocycles. The lowest BCUT2D eigenvalue weighted by Crippen LogP contribution is -2.45. The van der Waals surface area contributed by atoms with Crippen LogP contribution in [0, 0.1) is 0 Å². The Balaban J connectivity index is 4.12. The zero-order chi connectivity index (χ0) is 61.2. The Bertz CT molecular complexity index is 1690. The molecule has 0 spiro atoms. The highest BCUT2D eigenvalue weighted by Gasteiger charge is 2.28. The number of nitrogens with zero attached hydrogens (tertiary/aromatic N) is 1. The molecule has 0 aromatic carbocycles. The molecule has 0 radical (unpaired) electrons. The summed E-state index contributed by atoms with van der Waals surface area (Å²) in [5, 5.41) is 14.0. The number of allylic oxidation sites excluding steroid dienone is 15. The third kappa shape index (κ3) is 66.9. The van der Waals surface area contributed by atoms with Crippen LogP contribution in [0.5, 0.6) is 0 Å². The second kappa shape index (κ2) is 64.9. The summed E-state index contributed by atoms with van der Waals surface area (Å²) in [6, 6.07) is -0.872. The van der Waals surface area contributed by atoms with Crippen LogP contribution in [0.1, 0.15) is 322 Å². The number of quaternary nitrogens is 1. The lowest BCUT2D eigenvalue weighted by Gasteiger charge is -2.25. The van der Waals surface area contributed by atoms with E-state index in [1.165, 1.54) is 225 Å². The number of hydrogen-bond acceptors (Lipinski definition) is 5. The van der Waals surface area contributed by atoms with E-state index in [2.05, 4.69) is 104 Å². The van der Waals surface area contributed by atoms with Crippen LogP contribution in [0.25, 0.3) is 0 Å². The molecule has 0 bridgehead atoms. The molecule has 0 fully saturated rings. The molecule has 0 rings (SSSR count). The maximum Gasteiger partial charge on any atom is 0.472 e. The Kier molecular flexibility index (Phi) is 62.9. The Labute approximate surface area is 521 Å². The number of carbonyl (C=O) groups is 1. The number of aliphatic hydroxyl groups is 1. The first-order chi connectivity index (χ1) is 41.0. The fraction of sp³-hybridized carbons (Fsp3) is 0.773. The first-order valence-electron chi connectivity index (χ1n) is 35.6. The van der Waals surface area contributed by atoms with Crippen LogP contribution in [0.15, 0.2) is 97.2 Å². The monoisotopic (exact) mass is 1190 g/mol. The molecule has 0 aliphatic heterocycles. The summed E-state index contributed by atoms with van der Waals surface area (Å²) in [5.74, 6) is -0.189. The van der Waals surface area contributed by atoms with Gasteiger partial charge in [0.25, 0.3) is 0 Å². The highest BCUT2D eigenvalue weighted by atomic mass is 31.2. The summed E-state index contributed by atoms with van der Waals surface area (Å²) in [6.07, 6.45) is 94.2. The standard InChI is InChI=1S/C75H137N2O6P/c1-6-8-10-12-14-16-18-20-22-24-26-28-30-32-34-36-38-40-42-44-46-48-50-52-54-56-58-60-62-64-66-68-74(78)73(72-83-84(80,81)82-71-70-77(3,4)5)76-75(79)69-67-65-63-61-59-57-55-53-51-49-47-45-43-41-39-37-35-33-31-29-27-25-23-21-19-17-15-13-11-9-7-2/h9,11,15,17,21,23,27,29,33,35,39,41,58,60,66,68,73-74,78H,6-8,10,12-14,16,18-20,22,24-26,28,30-32,34,36-38,40,42-57,59,61-65,67,69-72H2,1-5H3,(H-,76,79,80,81)/p+1/b11-9-,17-15-,23-21-,29-27-,35-33-,41-39-,60-58+,68-66+. The molecule has 0 aromatic rings. The second-order valence-corrected chi connectivity index (χ2v) is 26.7. The predicted octanol–water partition coefficient (Wildman–Crippen LogP) is 22.9. The number of amides is 1. The molecule has 0 aromatic heterocycles. The van der Waals surface area contributed by atoms with Crippen LogP contribution in [0.4, 0.5) is 0 Å². The van der Waals surface area contributed by atoms with Crippen LogP contribution in [0.3, 0.4) is 0 Å². The summed E-state index contributed by atoms with van der Waals surface area (Å²) >= 11 is 0. The van der Waals surface area contributed by atoms with Crippen molar-refractivity contribution in [2.45, 2.75) is 334 Å². The third-order valence-corrected chi connectivity index (χ3v) is 16.8. The van der Waals surface area contributed by atoms with Gasteiger partial charge >= 0.3 is 7.82 Å². The van der Waals surface area contributed by atoms with Gasteiger partial charge in [-0.1, -0.05) is 329 Å². The van der Waals surface area contributed by atoms with Crippen molar-refractivity contribution in [3.63, 3.8) is 0 Å². The first kappa shape index (κ1) is 81.4. The zero-order valence-electron chi connectivity index (χ0n) is 55.9. The van der Waals surface area contributed by atoms with Crippen molar-refractivity contribution in [1.82, 2.24) is 5.32 Å². The minimum absolute atomic E-state index is 0.0524. The Morgan fingerprint density at radius 3 is 1.10 bits per heavy atom. The number of phosphoric ester groups is 1. The fourth-order valence-electron chi connectivity index (χ4n) is 10.3. The van der Waals surface area contributed by atoms with Gasteiger partial charge in [0, 0.05) is 6.42 Å². The molecular weight excluding hydrogens is 1060 g/mol. The number of hydrogen-bond donors (Lipinski definition) is 3. The molecule has 3 unspecified atom stereocenters. The van der Waals surface area contributed by atoms with Crippen LogP contribution in [-0.4, -0.2) is 73.4 Å². The van der Waals surface area contributed by atoms with Gasteiger partial charge in [-0.3, -0.25) is 13.8 Å². The lowest BCUT2D eigenvalue weighted by atomic mass is 10.0. The summed E-state index contributed by atoms with van der Waals surface area (Å²) in [7, 11) is 1.55. The van der Waals surface area contributed by atoms with E-state index >= 15 is 0 Å². The molecule has 0 saturated carbocycles. The molecular formula is C75H138N2O6P+. The van der Waals surface area contributed by atoms with Crippen LogP contribution in [-0.2, 0) is 18.4 Å². The normalized spacial score (nSPS) is 14.2. The van der Waals surface area contributed by atoms with Crippen molar-refractivity contribution >= 4 is 13.7 Å². The molecule has 84 heavy (non-hydrogen) atoms. The van der Waals surface area contributed by atoms with Gasteiger partial charge in [-0.15, -0.1) is 0 Å². The average molecular weight is 1190 g/mol. The topological polar surface area (TPSA) is 105 Å². The van der Waals surface area contributed by atoms with Crippen molar-refractivity contribution in [1.29, 1.82) is 0 Å². The van der Waals surface area contributed by atoms with E-state index in [1.54, 1.807) is 6.08 Å². The molecule has 488 valence electrons. The van der Waals surface area contributed by atoms with Crippen molar-refractivity contribution in [3.05, 3.63) is 97.2 Å². The quantitative estimate of drug-likeness (QED) is 0.0243. The molecule has 0 aliphatic rings. The Hall–Kier alpha value is -2.58. The Morgan fingerprint density at radius 1 is 0.417 bits per heavy atom. The number of unbranched alkanes of at least 4 members (excludes halogenated alkanes) is 38. The number of aliphatic hydroxyl groups excluding tert-OH is 1. The van der Waals surface area contributed by atoms with Crippen molar-refractivity contribution in [2.75, 3.05) is 40.9 Å². The van der Waals surface area contributed by atoms with E-state index in [9.17, 15) is 19.4 Å². The largest absolute Gasteiger partial charge is 0.472 e. The summed E-state index contributed by atoms with van der Waals surface area (Å²) in [6.45, 7) is 4.71. The van der Waals surface area contributed by atoms with E-state index in [0.29, 0.717) is 17.4 Å². The van der Waals surface area contributed by atoms with E-state index in [1.807, 2.05) is 27.2 Å². The van der Waals surface area contributed by atoms with Gasteiger partial charge < -0.3 is 19.8 Å². The second-order valence-electron chi connectivity index (χ2n) is 25.2. The van der Waals surface area contributed by atoms with Gasteiger partial charge in [0.05, 0.1) is 39.9 Å². The maximum atomic E-state index is 13.1. The number of carbonyl (C=O) groups excluding carboxylic acids is 1. The average Bonchev–Trinajstić information content (AvgIpc) is 3.56. The van der Waals surface area contributed by atoms with E-state index in [0.717, 1.165) is 77.0 Å². The van der Waals surface area contributed by atoms with Gasteiger partial charge in [-0.25, -0.2) is 4.57 Å². The molecule has 1 amide bonds. The zero-order valence-corrected chi connectivity index (χ0v) is 56.8. The maximum absolute atomic E-state index is 13.1. The van der Waals surface area contributed by atoms with Gasteiger partial charge in [0.15, 0.2) is 0 Å². The van der Waals surface area contributed by atoms with Crippen molar-refractivity contribution < 1.29 is 32.9 Å². The van der Waals surface area contributed by atoms with Crippen molar-refractivity contribution in [3.8, 4) is 0 Å². The fourth-order valence-corrected chi connectivity index (χ4v) is 11.0. The molecule has 3 N–H and O–H groups in total. The van der Waals surface area contributed by atoms with E-state index in [-0.39, 0.29) is 19.1 Å². The predicted molar refractivity (Wildman–Crippen MR) is 369 cm³/mol. The number of likely N-dealkylation sites (N-methyl/N-ethyl adjacent to an activating group) is 1. The summed E-state index contributed by atoms with van der Waals surface area (Å²) in [4.78, 5) is 23.4. The van der Waals surface area contributed by atoms with Gasteiger partial charge in [0.2, 0.25) is 5.91 Å². The Morgan fingerprint density at radius 2 is 0.726 bits per heavy atom. The molecule has 3 atom stereocenters.